The fourth-order valence-corrected chi connectivity index (χ4v) is 4.57. The lowest BCUT2D eigenvalue weighted by Crippen LogP contribution is -2.50. The summed E-state index contributed by atoms with van der Waals surface area (Å²) in [6, 6.07) is 15.5. The highest BCUT2D eigenvalue weighted by molar-refractivity contribution is 7.80. The zero-order chi connectivity index (χ0) is 24.7. The summed E-state index contributed by atoms with van der Waals surface area (Å²) in [4.78, 5) is 22.2. The summed E-state index contributed by atoms with van der Waals surface area (Å²) in [5.74, 6) is -0.187. The van der Waals surface area contributed by atoms with Crippen LogP contribution in [0.3, 0.4) is 0 Å². The van der Waals surface area contributed by atoms with Crippen molar-refractivity contribution in [3.05, 3.63) is 64.7 Å². The summed E-state index contributed by atoms with van der Waals surface area (Å²) in [5.41, 5.74) is 3.17. The van der Waals surface area contributed by atoms with Gasteiger partial charge in [-0.15, -0.1) is 0 Å². The molecule has 0 aromatic heterocycles. The van der Waals surface area contributed by atoms with Crippen LogP contribution in [-0.4, -0.2) is 60.5 Å². The second kappa shape index (κ2) is 12.3. The summed E-state index contributed by atoms with van der Waals surface area (Å²) in [7, 11) is 1.75. The van der Waals surface area contributed by atoms with E-state index in [4.69, 9.17) is 28.8 Å². The normalized spacial score (nSPS) is 16.5. The number of aliphatic imine (C=N–C) groups is 1. The van der Waals surface area contributed by atoms with Gasteiger partial charge in [-0.25, -0.2) is 4.99 Å². The molecule has 8 heteroatoms. The van der Waals surface area contributed by atoms with E-state index in [0.717, 1.165) is 49.3 Å². The number of rotatable bonds is 9. The van der Waals surface area contributed by atoms with Crippen LogP contribution >= 0.6 is 23.8 Å². The average Bonchev–Trinajstić information content (AvgIpc) is 2.92. The van der Waals surface area contributed by atoms with E-state index in [9.17, 15) is 4.79 Å². The fourth-order valence-electron chi connectivity index (χ4n) is 4.09. The van der Waals surface area contributed by atoms with Crippen molar-refractivity contribution in [3.8, 4) is 0 Å². The molecule has 3 rings (SSSR count). The first-order chi connectivity index (χ1) is 16.3. The molecule has 0 spiro atoms. The standard InChI is InChI=1S/C26H34ClN5OS/c1-5-32(6-2)16-10-11-18(3)28-26(34)30-24-25(33)31(4)22-15-14-20(27)17-21(22)23(29-24)19-12-8-7-9-13-19/h7-9,12-15,17-18,24H,5-6,10-11,16H2,1-4H3,(H2,28,30,34). The lowest BCUT2D eigenvalue weighted by molar-refractivity contribution is -0.119. The number of amides is 1. The molecule has 2 N–H and O–H groups in total. The van der Waals surface area contributed by atoms with E-state index in [1.54, 1.807) is 18.0 Å². The maximum atomic E-state index is 13.3. The van der Waals surface area contributed by atoms with Crippen molar-refractivity contribution in [1.29, 1.82) is 0 Å². The maximum absolute atomic E-state index is 13.3. The SMILES string of the molecule is CCN(CC)CCCC(C)NC(=S)NC1N=C(c2ccccc2)c2cc(Cl)ccc2N(C)C1=O. The number of carbonyl (C=O) groups is 1. The number of nitrogens with one attached hydrogen (secondary N) is 2. The van der Waals surface area contributed by atoms with Gasteiger partial charge < -0.3 is 20.4 Å². The Kier molecular flexibility index (Phi) is 9.45. The molecule has 34 heavy (non-hydrogen) atoms. The van der Waals surface area contributed by atoms with Crippen molar-refractivity contribution in [2.24, 2.45) is 4.99 Å². The van der Waals surface area contributed by atoms with Crippen LogP contribution in [0.5, 0.6) is 0 Å². The fraction of sp³-hybridized carbons (Fsp3) is 0.423. The van der Waals surface area contributed by atoms with Gasteiger partial charge in [-0.1, -0.05) is 55.8 Å². The molecule has 0 aliphatic carbocycles. The summed E-state index contributed by atoms with van der Waals surface area (Å²) in [6.07, 6.45) is 1.21. The zero-order valence-corrected chi connectivity index (χ0v) is 21.9. The number of benzodiazepines with no additional fused rings is 1. The Labute approximate surface area is 213 Å². The minimum Gasteiger partial charge on any atom is -0.360 e. The highest BCUT2D eigenvalue weighted by Crippen LogP contribution is 2.29. The van der Waals surface area contributed by atoms with E-state index in [1.165, 1.54) is 0 Å². The van der Waals surface area contributed by atoms with Crippen LogP contribution in [0.4, 0.5) is 5.69 Å². The van der Waals surface area contributed by atoms with Gasteiger partial charge in [0.1, 0.15) is 0 Å². The summed E-state index contributed by atoms with van der Waals surface area (Å²) < 4.78 is 0. The number of fused-ring (bicyclic) bond motifs is 1. The van der Waals surface area contributed by atoms with Crippen LogP contribution in [-0.2, 0) is 4.79 Å². The number of likely N-dealkylation sites (N-methyl/N-ethyl adjacent to an activating group) is 1. The number of hydrogen-bond donors (Lipinski definition) is 2. The van der Waals surface area contributed by atoms with Crippen LogP contribution in [0.25, 0.3) is 0 Å². The zero-order valence-electron chi connectivity index (χ0n) is 20.3. The van der Waals surface area contributed by atoms with Gasteiger partial charge in [-0.05, 0) is 69.8 Å². The molecule has 2 aromatic rings. The number of thiocarbonyl (C=S) groups is 1. The van der Waals surface area contributed by atoms with Gasteiger partial charge in [0, 0.05) is 29.2 Å². The van der Waals surface area contributed by atoms with Crippen molar-refractivity contribution >= 4 is 46.2 Å². The summed E-state index contributed by atoms with van der Waals surface area (Å²) in [5, 5.41) is 7.46. The molecule has 1 aliphatic heterocycles. The third kappa shape index (κ3) is 6.56. The van der Waals surface area contributed by atoms with Gasteiger partial charge in [0.05, 0.1) is 11.4 Å². The van der Waals surface area contributed by atoms with Crippen LogP contribution in [0, 0.1) is 0 Å². The third-order valence-electron chi connectivity index (χ3n) is 6.10. The number of carbonyl (C=O) groups excluding carboxylic acids is 1. The average molecular weight is 500 g/mol. The molecule has 1 aliphatic rings. The van der Waals surface area contributed by atoms with E-state index in [1.807, 2.05) is 42.5 Å². The van der Waals surface area contributed by atoms with E-state index in [-0.39, 0.29) is 11.9 Å². The van der Waals surface area contributed by atoms with Gasteiger partial charge in [-0.2, -0.15) is 0 Å². The molecule has 2 atom stereocenters. The van der Waals surface area contributed by atoms with Gasteiger partial charge in [0.15, 0.2) is 5.11 Å². The Morgan fingerprint density at radius 2 is 1.91 bits per heavy atom. The number of hydrogen-bond acceptors (Lipinski definition) is 4. The predicted molar refractivity (Wildman–Crippen MR) is 146 cm³/mol. The second-order valence-electron chi connectivity index (χ2n) is 8.49. The molecule has 0 saturated heterocycles. The smallest absolute Gasteiger partial charge is 0.272 e. The lowest BCUT2D eigenvalue weighted by Gasteiger charge is -2.24. The number of benzene rings is 2. The Balaban J connectivity index is 1.78. The lowest BCUT2D eigenvalue weighted by atomic mass is 10.0. The molecular weight excluding hydrogens is 466 g/mol. The molecule has 0 fully saturated rings. The Morgan fingerprint density at radius 1 is 1.21 bits per heavy atom. The molecular formula is C26H34ClN5OS. The van der Waals surface area contributed by atoms with Crippen LogP contribution in [0.15, 0.2) is 53.5 Å². The van der Waals surface area contributed by atoms with E-state index in [2.05, 4.69) is 36.3 Å². The number of halogens is 1. The van der Waals surface area contributed by atoms with Crippen LogP contribution in [0.2, 0.25) is 5.02 Å². The monoisotopic (exact) mass is 499 g/mol. The van der Waals surface area contributed by atoms with E-state index < -0.39 is 6.17 Å². The largest absolute Gasteiger partial charge is 0.360 e. The van der Waals surface area contributed by atoms with Crippen molar-refractivity contribution in [2.75, 3.05) is 31.6 Å². The first kappa shape index (κ1) is 26.1. The van der Waals surface area contributed by atoms with Crippen molar-refractivity contribution in [2.45, 2.75) is 45.8 Å². The minimum absolute atomic E-state index is 0.183. The molecule has 0 bridgehead atoms. The molecule has 0 saturated carbocycles. The van der Waals surface area contributed by atoms with Gasteiger partial charge >= 0.3 is 0 Å². The minimum atomic E-state index is -0.853. The quantitative estimate of drug-likeness (QED) is 0.499. The molecule has 2 unspecified atom stereocenters. The predicted octanol–water partition coefficient (Wildman–Crippen LogP) is 4.45. The first-order valence-electron chi connectivity index (χ1n) is 11.8. The molecule has 2 aromatic carbocycles. The van der Waals surface area contributed by atoms with Crippen molar-refractivity contribution in [1.82, 2.24) is 15.5 Å². The molecule has 0 radical (unpaired) electrons. The number of nitrogens with zero attached hydrogens (tertiary/aromatic N) is 3. The summed E-state index contributed by atoms with van der Waals surface area (Å²) in [6.45, 7) is 9.66. The van der Waals surface area contributed by atoms with E-state index in [0.29, 0.717) is 15.8 Å². The first-order valence-corrected chi connectivity index (χ1v) is 12.6. The maximum Gasteiger partial charge on any atom is 0.272 e. The highest BCUT2D eigenvalue weighted by atomic mass is 35.5. The molecule has 1 heterocycles. The molecule has 1 amide bonds. The van der Waals surface area contributed by atoms with Gasteiger partial charge in [-0.3, -0.25) is 4.79 Å². The molecule has 6 nitrogen and oxygen atoms in total. The van der Waals surface area contributed by atoms with Crippen LogP contribution < -0.4 is 15.5 Å². The second-order valence-corrected chi connectivity index (χ2v) is 9.34. The van der Waals surface area contributed by atoms with Gasteiger partial charge in [0.25, 0.3) is 5.91 Å². The van der Waals surface area contributed by atoms with Crippen LogP contribution in [0.1, 0.15) is 44.7 Å². The number of anilines is 1. The van der Waals surface area contributed by atoms with Gasteiger partial charge in [0.2, 0.25) is 6.17 Å². The Hall–Kier alpha value is -2.48. The Bertz CT molecular complexity index is 1030. The topological polar surface area (TPSA) is 60.0 Å². The third-order valence-corrected chi connectivity index (χ3v) is 6.57. The summed E-state index contributed by atoms with van der Waals surface area (Å²) >= 11 is 11.9. The highest BCUT2D eigenvalue weighted by Gasteiger charge is 2.30. The van der Waals surface area contributed by atoms with Crippen molar-refractivity contribution < 1.29 is 4.79 Å². The van der Waals surface area contributed by atoms with Crippen molar-refractivity contribution in [3.63, 3.8) is 0 Å². The van der Waals surface area contributed by atoms with E-state index >= 15 is 0 Å². The molecule has 182 valence electrons. The Morgan fingerprint density at radius 3 is 2.59 bits per heavy atom.